The van der Waals surface area contributed by atoms with Gasteiger partial charge in [0.1, 0.15) is 0 Å². The highest BCUT2D eigenvalue weighted by atomic mass is 79.9. The maximum absolute atomic E-state index is 12.7. The lowest BCUT2D eigenvalue weighted by molar-refractivity contribution is 0.104. The monoisotopic (exact) mass is 388 g/mol. The van der Waals surface area contributed by atoms with E-state index in [9.17, 15) is 4.79 Å². The Hall–Kier alpha value is -1.45. The zero-order chi connectivity index (χ0) is 14.1. The van der Waals surface area contributed by atoms with Crippen molar-refractivity contribution in [2.45, 2.75) is 0 Å². The van der Waals surface area contributed by atoms with Crippen molar-refractivity contribution in [1.82, 2.24) is 0 Å². The van der Waals surface area contributed by atoms with Gasteiger partial charge in [-0.15, -0.1) is 0 Å². The van der Waals surface area contributed by atoms with Crippen LogP contribution < -0.4 is 0 Å². The van der Waals surface area contributed by atoms with E-state index in [1.807, 2.05) is 60.7 Å². The Morgan fingerprint density at radius 2 is 1.45 bits per heavy atom. The second-order valence-corrected chi connectivity index (χ2v) is 6.35. The number of hydrogen-bond acceptors (Lipinski definition) is 1. The van der Waals surface area contributed by atoms with Crippen molar-refractivity contribution < 1.29 is 4.79 Å². The molecule has 3 heteroatoms. The third-order valence-electron chi connectivity index (χ3n) is 3.16. The van der Waals surface area contributed by atoms with Crippen LogP contribution in [-0.4, -0.2) is 5.78 Å². The van der Waals surface area contributed by atoms with E-state index in [0.717, 1.165) is 25.3 Å². The summed E-state index contributed by atoms with van der Waals surface area (Å²) in [5, 5.41) is 2.06. The summed E-state index contributed by atoms with van der Waals surface area (Å²) in [6, 6.07) is 19.3. The molecule has 0 heterocycles. The summed E-state index contributed by atoms with van der Waals surface area (Å²) < 4.78 is 1.77. The van der Waals surface area contributed by atoms with Crippen molar-refractivity contribution >= 4 is 48.4 Å². The van der Waals surface area contributed by atoms with E-state index in [1.165, 1.54) is 0 Å². The Morgan fingerprint density at radius 3 is 2.20 bits per heavy atom. The molecule has 1 nitrogen and oxygen atoms in total. The van der Waals surface area contributed by atoms with Gasteiger partial charge in [-0.2, -0.15) is 0 Å². The molecule has 0 bridgehead atoms. The topological polar surface area (TPSA) is 17.1 Å². The minimum Gasteiger partial charge on any atom is -0.289 e. The van der Waals surface area contributed by atoms with E-state index >= 15 is 0 Å². The van der Waals surface area contributed by atoms with Crippen LogP contribution in [0.2, 0.25) is 0 Å². The fourth-order valence-electron chi connectivity index (χ4n) is 2.26. The molecule has 0 aliphatic carbocycles. The Bertz CT molecular complexity index is 783. The van der Waals surface area contributed by atoms with Gasteiger partial charge < -0.3 is 0 Å². The lowest BCUT2D eigenvalue weighted by Crippen LogP contribution is -2.02. The maximum atomic E-state index is 12.7. The van der Waals surface area contributed by atoms with E-state index in [4.69, 9.17) is 0 Å². The Labute approximate surface area is 133 Å². The van der Waals surface area contributed by atoms with Gasteiger partial charge >= 0.3 is 0 Å². The second kappa shape index (κ2) is 5.51. The number of carbonyl (C=O) groups excluding carboxylic acids is 1. The summed E-state index contributed by atoms with van der Waals surface area (Å²) in [5.74, 6) is 0.0313. The summed E-state index contributed by atoms with van der Waals surface area (Å²) in [7, 11) is 0. The number of rotatable bonds is 2. The van der Waals surface area contributed by atoms with Crippen molar-refractivity contribution in [1.29, 1.82) is 0 Å². The molecular formula is C17H10Br2O. The maximum Gasteiger partial charge on any atom is 0.193 e. The standard InChI is InChI=1S/C17H10Br2O/c18-13-8-12(9-14(19)10-13)17(20)16-7-3-5-11-4-1-2-6-15(11)16/h1-10H. The zero-order valence-corrected chi connectivity index (χ0v) is 13.6. The fourth-order valence-corrected chi connectivity index (χ4v) is 3.56. The molecule has 3 rings (SSSR count). The quantitative estimate of drug-likeness (QED) is 0.521. The minimum absolute atomic E-state index is 0.0313. The predicted octanol–water partition coefficient (Wildman–Crippen LogP) is 5.60. The highest BCUT2D eigenvalue weighted by Gasteiger charge is 2.13. The smallest absolute Gasteiger partial charge is 0.193 e. The van der Waals surface area contributed by atoms with Crippen LogP contribution >= 0.6 is 31.9 Å². The Kier molecular flexibility index (Phi) is 3.72. The molecule has 0 fully saturated rings. The molecular weight excluding hydrogens is 380 g/mol. The van der Waals surface area contributed by atoms with Gasteiger partial charge in [-0.05, 0) is 29.0 Å². The number of ketones is 1. The van der Waals surface area contributed by atoms with Crippen molar-refractivity contribution in [2.75, 3.05) is 0 Å². The number of fused-ring (bicyclic) bond motifs is 1. The van der Waals surface area contributed by atoms with E-state index in [1.54, 1.807) is 0 Å². The van der Waals surface area contributed by atoms with Gasteiger partial charge in [0, 0.05) is 20.1 Å². The zero-order valence-electron chi connectivity index (χ0n) is 10.4. The van der Waals surface area contributed by atoms with Gasteiger partial charge in [0.05, 0.1) is 0 Å². The first-order valence-electron chi connectivity index (χ1n) is 6.14. The average Bonchev–Trinajstić information content (AvgIpc) is 2.45. The first-order valence-corrected chi connectivity index (χ1v) is 7.72. The molecule has 0 N–H and O–H groups in total. The minimum atomic E-state index is 0.0313. The molecule has 3 aromatic carbocycles. The van der Waals surface area contributed by atoms with Crippen molar-refractivity contribution in [3.05, 3.63) is 80.7 Å². The number of carbonyl (C=O) groups is 1. The summed E-state index contributed by atoms with van der Waals surface area (Å²) in [6.07, 6.45) is 0. The van der Waals surface area contributed by atoms with Crippen LogP contribution in [0.1, 0.15) is 15.9 Å². The highest BCUT2D eigenvalue weighted by molar-refractivity contribution is 9.11. The first kappa shape index (κ1) is 13.5. The molecule has 0 aliphatic rings. The third kappa shape index (κ3) is 2.56. The normalized spacial score (nSPS) is 10.7. The average molecular weight is 390 g/mol. The molecule has 3 aromatic rings. The number of halogens is 2. The Balaban J connectivity index is 2.17. The molecule has 98 valence electrons. The summed E-state index contributed by atoms with van der Waals surface area (Å²) in [5.41, 5.74) is 1.40. The van der Waals surface area contributed by atoms with Gasteiger partial charge in [0.2, 0.25) is 0 Å². The second-order valence-electron chi connectivity index (χ2n) is 4.51. The molecule has 0 aliphatic heterocycles. The third-order valence-corrected chi connectivity index (χ3v) is 4.07. The van der Waals surface area contributed by atoms with Gasteiger partial charge in [-0.25, -0.2) is 0 Å². The van der Waals surface area contributed by atoms with Crippen LogP contribution in [0.5, 0.6) is 0 Å². The molecule has 20 heavy (non-hydrogen) atoms. The molecule has 0 spiro atoms. The van der Waals surface area contributed by atoms with E-state index in [2.05, 4.69) is 31.9 Å². The van der Waals surface area contributed by atoms with Gasteiger partial charge in [-0.1, -0.05) is 74.3 Å². The molecule has 0 aromatic heterocycles. The van der Waals surface area contributed by atoms with Gasteiger partial charge in [-0.3, -0.25) is 4.79 Å². The molecule has 0 saturated heterocycles. The lowest BCUT2D eigenvalue weighted by Gasteiger charge is -2.07. The molecule has 0 unspecified atom stereocenters. The van der Waals surface area contributed by atoms with Crippen LogP contribution in [0.15, 0.2) is 69.6 Å². The lowest BCUT2D eigenvalue weighted by atomic mass is 9.97. The molecule has 0 radical (unpaired) electrons. The molecule has 0 saturated carbocycles. The summed E-state index contributed by atoms with van der Waals surface area (Å²) in [6.45, 7) is 0. The van der Waals surface area contributed by atoms with Gasteiger partial charge in [0.15, 0.2) is 5.78 Å². The summed E-state index contributed by atoms with van der Waals surface area (Å²) in [4.78, 5) is 12.7. The Morgan fingerprint density at radius 1 is 0.800 bits per heavy atom. The number of benzene rings is 3. The predicted molar refractivity (Wildman–Crippen MR) is 89.2 cm³/mol. The van der Waals surface area contributed by atoms with Crippen molar-refractivity contribution in [2.24, 2.45) is 0 Å². The SMILES string of the molecule is O=C(c1cc(Br)cc(Br)c1)c1cccc2ccccc12. The van der Waals surface area contributed by atoms with Crippen LogP contribution in [0, 0.1) is 0 Å². The fraction of sp³-hybridized carbons (Fsp3) is 0. The summed E-state index contributed by atoms with van der Waals surface area (Å²) >= 11 is 6.84. The van der Waals surface area contributed by atoms with E-state index < -0.39 is 0 Å². The van der Waals surface area contributed by atoms with Crippen molar-refractivity contribution in [3.8, 4) is 0 Å². The van der Waals surface area contributed by atoms with E-state index in [-0.39, 0.29) is 5.78 Å². The van der Waals surface area contributed by atoms with E-state index in [0.29, 0.717) is 5.56 Å². The highest BCUT2D eigenvalue weighted by Crippen LogP contribution is 2.25. The van der Waals surface area contributed by atoms with Crippen LogP contribution in [0.4, 0.5) is 0 Å². The van der Waals surface area contributed by atoms with Crippen molar-refractivity contribution in [3.63, 3.8) is 0 Å². The number of hydrogen-bond donors (Lipinski definition) is 0. The van der Waals surface area contributed by atoms with Crippen LogP contribution in [0.3, 0.4) is 0 Å². The molecule has 0 atom stereocenters. The molecule has 0 amide bonds. The van der Waals surface area contributed by atoms with Gasteiger partial charge in [0.25, 0.3) is 0 Å². The van der Waals surface area contributed by atoms with Crippen LogP contribution in [0.25, 0.3) is 10.8 Å². The first-order chi connectivity index (χ1) is 9.65. The largest absolute Gasteiger partial charge is 0.289 e. The van der Waals surface area contributed by atoms with Crippen LogP contribution in [-0.2, 0) is 0 Å².